The minimum Gasteiger partial charge on any atom is -0.465 e. The first-order valence-corrected chi connectivity index (χ1v) is 4.27. The Bertz CT molecular complexity index is 377. The van der Waals surface area contributed by atoms with Gasteiger partial charge < -0.3 is 4.74 Å². The van der Waals surface area contributed by atoms with E-state index in [1.807, 2.05) is 0 Å². The molecule has 0 aromatic carbocycles. The molecule has 0 bridgehead atoms. The molecule has 0 aliphatic carbocycles. The van der Waals surface area contributed by atoms with Gasteiger partial charge in [0.2, 0.25) is 0 Å². The lowest BCUT2D eigenvalue weighted by molar-refractivity contribution is 0.0601. The molecule has 0 N–H and O–H groups in total. The monoisotopic (exact) mass is 208 g/mol. The molecule has 0 aliphatic heterocycles. The van der Waals surface area contributed by atoms with Gasteiger partial charge in [-0.25, -0.2) is 4.79 Å². The number of aliphatic imine (C=N–C) groups is 1. The average Bonchev–Trinajstić information content (AvgIpc) is 2.25. The molecule has 1 aromatic heterocycles. The van der Waals surface area contributed by atoms with Crippen LogP contribution >= 0.6 is 12.2 Å². The number of carbonyl (C=O) groups is 1. The molecule has 0 saturated carbocycles. The summed E-state index contributed by atoms with van der Waals surface area (Å²) in [5, 5.41) is 1.36. The van der Waals surface area contributed by atoms with E-state index in [2.05, 4.69) is 26.9 Å². The molecular formula is C9H8N2O2S. The number of rotatable bonds is 3. The zero-order valence-corrected chi connectivity index (χ0v) is 8.32. The van der Waals surface area contributed by atoms with Crippen molar-refractivity contribution >= 4 is 35.5 Å². The molecule has 0 spiro atoms. The third-order valence-electron chi connectivity index (χ3n) is 1.48. The molecule has 72 valence electrons. The lowest BCUT2D eigenvalue weighted by Gasteiger charge is -2.01. The van der Waals surface area contributed by atoms with E-state index in [1.165, 1.54) is 31.1 Å². The van der Waals surface area contributed by atoms with Gasteiger partial charge in [-0.2, -0.15) is 0 Å². The SMILES string of the molecule is COC(=O)c1ccncc1N=CC=S. The smallest absolute Gasteiger partial charge is 0.340 e. The fourth-order valence-corrected chi connectivity index (χ4v) is 0.943. The van der Waals surface area contributed by atoms with Crippen LogP contribution in [0.2, 0.25) is 0 Å². The predicted molar refractivity (Wildman–Crippen MR) is 57.4 cm³/mol. The minimum atomic E-state index is -0.441. The molecule has 0 radical (unpaired) electrons. The summed E-state index contributed by atoms with van der Waals surface area (Å²) in [6, 6.07) is 1.54. The van der Waals surface area contributed by atoms with Crippen molar-refractivity contribution in [2.24, 2.45) is 4.99 Å². The van der Waals surface area contributed by atoms with E-state index >= 15 is 0 Å². The normalized spacial score (nSPS) is 10.1. The van der Waals surface area contributed by atoms with Crippen molar-refractivity contribution in [2.45, 2.75) is 0 Å². The number of pyridine rings is 1. The zero-order valence-electron chi connectivity index (χ0n) is 7.51. The van der Waals surface area contributed by atoms with E-state index in [9.17, 15) is 4.79 Å². The maximum Gasteiger partial charge on any atom is 0.340 e. The van der Waals surface area contributed by atoms with Gasteiger partial charge >= 0.3 is 5.97 Å². The third-order valence-corrected chi connectivity index (χ3v) is 1.60. The highest BCUT2D eigenvalue weighted by Crippen LogP contribution is 2.17. The second-order valence-corrected chi connectivity index (χ2v) is 2.57. The van der Waals surface area contributed by atoms with Gasteiger partial charge in [-0.05, 0) is 6.07 Å². The van der Waals surface area contributed by atoms with E-state index in [0.29, 0.717) is 11.3 Å². The zero-order chi connectivity index (χ0) is 10.4. The highest BCUT2D eigenvalue weighted by atomic mass is 32.1. The molecule has 0 aliphatic rings. The Morgan fingerprint density at radius 1 is 1.71 bits per heavy atom. The van der Waals surface area contributed by atoms with Crippen LogP contribution in [0, 0.1) is 0 Å². The van der Waals surface area contributed by atoms with Crippen LogP contribution < -0.4 is 0 Å². The summed E-state index contributed by atoms with van der Waals surface area (Å²) in [4.78, 5) is 19.0. The van der Waals surface area contributed by atoms with Crippen LogP contribution in [-0.4, -0.2) is 29.6 Å². The number of carbonyl (C=O) groups excluding carboxylic acids is 1. The van der Waals surface area contributed by atoms with Gasteiger partial charge in [-0.1, -0.05) is 12.2 Å². The molecule has 1 rings (SSSR count). The second-order valence-electron chi connectivity index (χ2n) is 2.30. The molecule has 1 aromatic rings. The predicted octanol–water partition coefficient (Wildman–Crippen LogP) is 1.57. The molecule has 5 heteroatoms. The first-order chi connectivity index (χ1) is 6.79. The van der Waals surface area contributed by atoms with Crippen molar-refractivity contribution in [1.29, 1.82) is 0 Å². The van der Waals surface area contributed by atoms with Crippen molar-refractivity contribution in [3.05, 3.63) is 24.0 Å². The van der Waals surface area contributed by atoms with Crippen LogP contribution in [0.5, 0.6) is 0 Å². The number of hydrogen-bond donors (Lipinski definition) is 0. The number of ether oxygens (including phenoxy) is 1. The molecule has 4 nitrogen and oxygen atoms in total. The van der Waals surface area contributed by atoms with Crippen LogP contribution in [0.4, 0.5) is 5.69 Å². The van der Waals surface area contributed by atoms with Crippen LogP contribution in [0.15, 0.2) is 23.5 Å². The Labute approximate surface area is 86.6 Å². The highest BCUT2D eigenvalue weighted by molar-refractivity contribution is 7.80. The Kier molecular flexibility index (Phi) is 3.87. The Hall–Kier alpha value is -1.62. The van der Waals surface area contributed by atoms with Gasteiger partial charge in [0.05, 0.1) is 24.6 Å². The lowest BCUT2D eigenvalue weighted by Crippen LogP contribution is -2.01. The Morgan fingerprint density at radius 3 is 3.14 bits per heavy atom. The number of thiocarbonyl (C=S) groups is 1. The lowest BCUT2D eigenvalue weighted by atomic mass is 10.2. The van der Waals surface area contributed by atoms with E-state index in [-0.39, 0.29) is 0 Å². The summed E-state index contributed by atoms with van der Waals surface area (Å²) in [7, 11) is 1.31. The summed E-state index contributed by atoms with van der Waals surface area (Å²) in [6.45, 7) is 0. The third kappa shape index (κ3) is 2.43. The van der Waals surface area contributed by atoms with Crippen molar-refractivity contribution < 1.29 is 9.53 Å². The average molecular weight is 208 g/mol. The van der Waals surface area contributed by atoms with Crippen molar-refractivity contribution in [2.75, 3.05) is 7.11 Å². The molecule has 0 fully saturated rings. The Balaban J connectivity index is 3.08. The fourth-order valence-electron chi connectivity index (χ4n) is 0.882. The minimum absolute atomic E-state index is 0.371. The van der Waals surface area contributed by atoms with Gasteiger partial charge in [0.15, 0.2) is 0 Å². The molecule has 0 atom stereocenters. The van der Waals surface area contributed by atoms with Crippen LogP contribution in [0.25, 0.3) is 0 Å². The van der Waals surface area contributed by atoms with Crippen molar-refractivity contribution in [1.82, 2.24) is 4.98 Å². The van der Waals surface area contributed by atoms with E-state index < -0.39 is 5.97 Å². The molecule has 14 heavy (non-hydrogen) atoms. The van der Waals surface area contributed by atoms with Gasteiger partial charge in [-0.15, -0.1) is 0 Å². The molecule has 1 heterocycles. The number of esters is 1. The summed E-state index contributed by atoms with van der Waals surface area (Å²) in [6.07, 6.45) is 4.39. The van der Waals surface area contributed by atoms with Crippen molar-refractivity contribution in [3.8, 4) is 0 Å². The van der Waals surface area contributed by atoms with E-state index in [1.54, 1.807) is 6.07 Å². The summed E-state index contributed by atoms with van der Waals surface area (Å²) in [5.74, 6) is -0.441. The highest BCUT2D eigenvalue weighted by Gasteiger charge is 2.09. The topological polar surface area (TPSA) is 51.5 Å². The summed E-state index contributed by atoms with van der Waals surface area (Å²) in [5.41, 5.74) is 0.816. The maximum atomic E-state index is 11.2. The van der Waals surface area contributed by atoms with Crippen LogP contribution in [0.3, 0.4) is 0 Å². The molecule has 0 saturated heterocycles. The quantitative estimate of drug-likeness (QED) is 0.430. The van der Waals surface area contributed by atoms with Crippen LogP contribution in [0.1, 0.15) is 10.4 Å². The largest absolute Gasteiger partial charge is 0.465 e. The first-order valence-electron chi connectivity index (χ1n) is 3.79. The summed E-state index contributed by atoms with van der Waals surface area (Å²) < 4.78 is 4.58. The van der Waals surface area contributed by atoms with Crippen LogP contribution in [-0.2, 0) is 4.74 Å². The number of aromatic nitrogens is 1. The van der Waals surface area contributed by atoms with E-state index in [4.69, 9.17) is 0 Å². The van der Waals surface area contributed by atoms with Gasteiger partial charge in [0.25, 0.3) is 0 Å². The van der Waals surface area contributed by atoms with Gasteiger partial charge in [-0.3, -0.25) is 9.98 Å². The van der Waals surface area contributed by atoms with E-state index in [0.717, 1.165) is 0 Å². The number of nitrogens with zero attached hydrogens (tertiary/aromatic N) is 2. The summed E-state index contributed by atoms with van der Waals surface area (Å²) >= 11 is 4.58. The number of hydrogen-bond acceptors (Lipinski definition) is 5. The molecule has 0 amide bonds. The van der Waals surface area contributed by atoms with Gasteiger partial charge in [0, 0.05) is 17.8 Å². The standard InChI is InChI=1S/C9H8N2O2S/c1-13-9(12)7-2-3-10-6-8(7)11-4-5-14/h2-6H,1H3. The van der Waals surface area contributed by atoms with Crippen molar-refractivity contribution in [3.63, 3.8) is 0 Å². The van der Waals surface area contributed by atoms with Gasteiger partial charge in [0.1, 0.15) is 0 Å². The number of methoxy groups -OCH3 is 1. The first kappa shape index (κ1) is 10.5. The molecule has 0 unspecified atom stereocenters. The maximum absolute atomic E-state index is 11.2. The Morgan fingerprint density at radius 2 is 2.50 bits per heavy atom. The molecular weight excluding hydrogens is 200 g/mol. The second kappa shape index (κ2) is 5.18. The fraction of sp³-hybridized carbons (Fsp3) is 0.111.